The summed E-state index contributed by atoms with van der Waals surface area (Å²) in [6.45, 7) is 3.18. The molecular weight excluding hydrogens is 358 g/mol. The third-order valence-corrected chi connectivity index (χ3v) is 4.28. The minimum Gasteiger partial charge on any atom is -0.486 e. The first-order chi connectivity index (χ1) is 11.1. The molecule has 2 aromatic rings. The van der Waals surface area contributed by atoms with Crippen molar-refractivity contribution in [3.05, 3.63) is 52.5 Å². The van der Waals surface area contributed by atoms with Gasteiger partial charge in [0.25, 0.3) is 0 Å². The van der Waals surface area contributed by atoms with Crippen LogP contribution in [0.1, 0.15) is 24.8 Å². The Labute approximate surface area is 143 Å². The first-order valence-corrected chi connectivity index (χ1v) is 8.36. The normalized spacial score (nSPS) is 14.2. The van der Waals surface area contributed by atoms with Gasteiger partial charge in [0, 0.05) is 16.6 Å². The molecule has 0 aliphatic carbocycles. The average Bonchev–Trinajstić information content (AvgIpc) is 2.56. The van der Waals surface area contributed by atoms with Crippen molar-refractivity contribution < 1.29 is 14.3 Å². The van der Waals surface area contributed by atoms with Gasteiger partial charge in [-0.1, -0.05) is 28.9 Å². The highest BCUT2D eigenvalue weighted by Gasteiger charge is 2.16. The van der Waals surface area contributed by atoms with E-state index in [9.17, 15) is 4.79 Å². The molecule has 4 nitrogen and oxygen atoms in total. The first kappa shape index (κ1) is 15.9. The van der Waals surface area contributed by atoms with Gasteiger partial charge >= 0.3 is 0 Å². The minimum atomic E-state index is -0.00490. The van der Waals surface area contributed by atoms with E-state index in [1.165, 1.54) is 0 Å². The van der Waals surface area contributed by atoms with Crippen LogP contribution in [0.5, 0.6) is 11.5 Å². The number of ether oxygens (including phenoxy) is 2. The third kappa shape index (κ3) is 4.05. The van der Waals surface area contributed by atoms with Crippen molar-refractivity contribution in [2.45, 2.75) is 19.3 Å². The molecule has 1 heterocycles. The Balaban J connectivity index is 1.63. The molecular formula is C18H18BrNO3. The second-order valence-corrected chi connectivity index (χ2v) is 6.48. The van der Waals surface area contributed by atoms with E-state index in [0.29, 0.717) is 19.6 Å². The number of amides is 1. The molecule has 0 bridgehead atoms. The number of rotatable bonds is 4. The van der Waals surface area contributed by atoms with Crippen LogP contribution in [0.25, 0.3) is 0 Å². The predicted octanol–water partition coefficient (Wildman–Crippen LogP) is 4.35. The molecule has 0 aromatic heterocycles. The maximum Gasteiger partial charge on any atom is 0.224 e. The Morgan fingerprint density at radius 3 is 2.57 bits per heavy atom. The molecule has 0 fully saturated rings. The van der Waals surface area contributed by atoms with E-state index in [-0.39, 0.29) is 11.8 Å². The molecule has 1 unspecified atom stereocenters. The standard InChI is InChI=1S/C18H18BrNO3/c1-12(10-18(21)20-15-5-3-14(19)4-6-15)13-2-7-16-17(11-13)23-9-8-22-16/h2-7,11-12H,8-10H2,1H3,(H,20,21). The van der Waals surface area contributed by atoms with Gasteiger partial charge in [-0.3, -0.25) is 4.79 Å². The number of benzene rings is 2. The van der Waals surface area contributed by atoms with Gasteiger partial charge in [-0.25, -0.2) is 0 Å². The fourth-order valence-corrected chi connectivity index (χ4v) is 2.77. The molecule has 1 N–H and O–H groups in total. The maximum absolute atomic E-state index is 12.2. The topological polar surface area (TPSA) is 47.6 Å². The summed E-state index contributed by atoms with van der Waals surface area (Å²) in [5.74, 6) is 1.62. The third-order valence-electron chi connectivity index (χ3n) is 3.75. The summed E-state index contributed by atoms with van der Waals surface area (Å²) in [4.78, 5) is 12.2. The molecule has 0 saturated heterocycles. The fraction of sp³-hybridized carbons (Fsp3) is 0.278. The number of anilines is 1. The van der Waals surface area contributed by atoms with Gasteiger partial charge in [0.15, 0.2) is 11.5 Å². The van der Waals surface area contributed by atoms with Crippen LogP contribution in [0.3, 0.4) is 0 Å². The van der Waals surface area contributed by atoms with Gasteiger partial charge in [0.1, 0.15) is 13.2 Å². The van der Waals surface area contributed by atoms with Crippen molar-refractivity contribution in [3.8, 4) is 11.5 Å². The Bertz CT molecular complexity index is 700. The fourth-order valence-electron chi connectivity index (χ4n) is 2.51. The van der Waals surface area contributed by atoms with E-state index >= 15 is 0 Å². The van der Waals surface area contributed by atoms with E-state index in [1.54, 1.807) is 0 Å². The molecule has 1 aliphatic rings. The lowest BCUT2D eigenvalue weighted by molar-refractivity contribution is -0.116. The lowest BCUT2D eigenvalue weighted by atomic mass is 9.97. The van der Waals surface area contributed by atoms with Crippen molar-refractivity contribution >= 4 is 27.5 Å². The molecule has 5 heteroatoms. The smallest absolute Gasteiger partial charge is 0.224 e. The van der Waals surface area contributed by atoms with Crippen LogP contribution in [-0.2, 0) is 4.79 Å². The van der Waals surface area contributed by atoms with Gasteiger partial charge in [0.05, 0.1) is 0 Å². The number of hydrogen-bond acceptors (Lipinski definition) is 3. The molecule has 0 spiro atoms. The number of carbonyl (C=O) groups excluding carboxylic acids is 1. The molecule has 0 radical (unpaired) electrons. The lowest BCUT2D eigenvalue weighted by Gasteiger charge is -2.20. The van der Waals surface area contributed by atoms with Crippen LogP contribution >= 0.6 is 15.9 Å². The summed E-state index contributed by atoms with van der Waals surface area (Å²) in [6, 6.07) is 13.4. The van der Waals surface area contributed by atoms with Crippen molar-refractivity contribution in [1.82, 2.24) is 0 Å². The molecule has 1 amide bonds. The van der Waals surface area contributed by atoms with Crippen molar-refractivity contribution in [3.63, 3.8) is 0 Å². The van der Waals surface area contributed by atoms with Crippen molar-refractivity contribution in [2.75, 3.05) is 18.5 Å². The highest BCUT2D eigenvalue weighted by Crippen LogP contribution is 2.33. The van der Waals surface area contributed by atoms with E-state index in [0.717, 1.165) is 27.2 Å². The van der Waals surface area contributed by atoms with Gasteiger partial charge in [-0.2, -0.15) is 0 Å². The molecule has 1 aliphatic heterocycles. The summed E-state index contributed by atoms with van der Waals surface area (Å²) >= 11 is 3.38. The highest BCUT2D eigenvalue weighted by molar-refractivity contribution is 9.10. The number of fused-ring (bicyclic) bond motifs is 1. The van der Waals surface area contributed by atoms with Crippen LogP contribution in [0.4, 0.5) is 5.69 Å². The van der Waals surface area contributed by atoms with Crippen LogP contribution in [0, 0.1) is 0 Å². The zero-order valence-electron chi connectivity index (χ0n) is 12.8. The highest BCUT2D eigenvalue weighted by atomic mass is 79.9. The zero-order chi connectivity index (χ0) is 16.2. The summed E-state index contributed by atoms with van der Waals surface area (Å²) in [5, 5.41) is 2.92. The van der Waals surface area contributed by atoms with Crippen molar-refractivity contribution in [2.24, 2.45) is 0 Å². The Morgan fingerprint density at radius 2 is 1.83 bits per heavy atom. The van der Waals surface area contributed by atoms with Crippen molar-refractivity contribution in [1.29, 1.82) is 0 Å². The van der Waals surface area contributed by atoms with Gasteiger partial charge in [0.2, 0.25) is 5.91 Å². The van der Waals surface area contributed by atoms with Crippen LogP contribution in [0.2, 0.25) is 0 Å². The van der Waals surface area contributed by atoms with Crippen LogP contribution in [-0.4, -0.2) is 19.1 Å². The molecule has 2 aromatic carbocycles. The molecule has 120 valence electrons. The monoisotopic (exact) mass is 375 g/mol. The lowest BCUT2D eigenvalue weighted by Crippen LogP contribution is -2.16. The zero-order valence-corrected chi connectivity index (χ0v) is 14.4. The van der Waals surface area contributed by atoms with Crippen LogP contribution in [0.15, 0.2) is 46.9 Å². The minimum absolute atomic E-state index is 0.00490. The van der Waals surface area contributed by atoms with Gasteiger partial charge in [-0.05, 0) is 47.9 Å². The summed E-state index contributed by atoms with van der Waals surface area (Å²) in [6.07, 6.45) is 0.412. The number of hydrogen-bond donors (Lipinski definition) is 1. The summed E-state index contributed by atoms with van der Waals surface area (Å²) in [5.41, 5.74) is 1.87. The van der Waals surface area contributed by atoms with Gasteiger partial charge < -0.3 is 14.8 Å². The first-order valence-electron chi connectivity index (χ1n) is 7.57. The number of halogens is 1. The predicted molar refractivity (Wildman–Crippen MR) is 93.2 cm³/mol. The van der Waals surface area contributed by atoms with Gasteiger partial charge in [-0.15, -0.1) is 0 Å². The Morgan fingerprint density at radius 1 is 1.13 bits per heavy atom. The average molecular weight is 376 g/mol. The number of carbonyl (C=O) groups is 1. The Kier molecular flexibility index (Phi) is 4.86. The second-order valence-electron chi connectivity index (χ2n) is 5.56. The van der Waals surface area contributed by atoms with Crippen LogP contribution < -0.4 is 14.8 Å². The summed E-state index contributed by atoms with van der Waals surface area (Å²) < 4.78 is 12.1. The molecule has 0 saturated carbocycles. The second kappa shape index (κ2) is 7.04. The Hall–Kier alpha value is -2.01. The molecule has 23 heavy (non-hydrogen) atoms. The van der Waals surface area contributed by atoms with E-state index < -0.39 is 0 Å². The summed E-state index contributed by atoms with van der Waals surface area (Å²) in [7, 11) is 0. The largest absolute Gasteiger partial charge is 0.486 e. The van der Waals surface area contributed by atoms with E-state index in [2.05, 4.69) is 21.2 Å². The quantitative estimate of drug-likeness (QED) is 0.863. The van der Waals surface area contributed by atoms with E-state index in [1.807, 2.05) is 49.4 Å². The number of nitrogens with one attached hydrogen (secondary N) is 1. The maximum atomic E-state index is 12.2. The molecule has 1 atom stereocenters. The molecule has 3 rings (SSSR count). The SMILES string of the molecule is CC(CC(=O)Nc1ccc(Br)cc1)c1ccc2c(c1)OCCO2. The van der Waals surface area contributed by atoms with E-state index in [4.69, 9.17) is 9.47 Å².